The standard InChI is InChI=1S/C8H10N2O2S/c1-5-3-4-13-7(5)6(8(9)11)10-12-2/h3-4H,1-2H3,(H2,9,11)/b10-6-. The Kier molecular flexibility index (Phi) is 3.02. The van der Waals surface area contributed by atoms with Crippen LogP contribution in [0, 0.1) is 6.92 Å². The molecule has 0 aliphatic heterocycles. The lowest BCUT2D eigenvalue weighted by Crippen LogP contribution is -2.24. The van der Waals surface area contributed by atoms with Crippen LogP contribution in [0.3, 0.4) is 0 Å². The molecule has 0 aromatic carbocycles. The summed E-state index contributed by atoms with van der Waals surface area (Å²) in [4.78, 5) is 16.3. The molecule has 1 aromatic rings. The van der Waals surface area contributed by atoms with Crippen molar-refractivity contribution in [3.63, 3.8) is 0 Å². The molecule has 0 aliphatic carbocycles. The van der Waals surface area contributed by atoms with E-state index in [4.69, 9.17) is 5.73 Å². The van der Waals surface area contributed by atoms with Crippen LogP contribution in [0.25, 0.3) is 0 Å². The number of carbonyl (C=O) groups excluding carboxylic acids is 1. The van der Waals surface area contributed by atoms with Gasteiger partial charge in [-0.1, -0.05) is 5.16 Å². The lowest BCUT2D eigenvalue weighted by molar-refractivity contribution is -0.112. The van der Waals surface area contributed by atoms with Crippen LogP contribution in [0.2, 0.25) is 0 Å². The van der Waals surface area contributed by atoms with E-state index in [1.54, 1.807) is 0 Å². The predicted octanol–water partition coefficient (Wildman–Crippen LogP) is 0.892. The first-order chi connectivity index (χ1) is 6.16. The summed E-state index contributed by atoms with van der Waals surface area (Å²) in [6.07, 6.45) is 0. The van der Waals surface area contributed by atoms with Gasteiger partial charge in [0.25, 0.3) is 5.91 Å². The van der Waals surface area contributed by atoms with Gasteiger partial charge in [-0.25, -0.2) is 0 Å². The van der Waals surface area contributed by atoms with Crippen LogP contribution in [-0.4, -0.2) is 18.7 Å². The van der Waals surface area contributed by atoms with E-state index in [1.165, 1.54) is 18.4 Å². The van der Waals surface area contributed by atoms with Crippen LogP contribution in [0.4, 0.5) is 0 Å². The molecule has 1 aromatic heterocycles. The smallest absolute Gasteiger partial charge is 0.272 e. The van der Waals surface area contributed by atoms with Crippen LogP contribution in [0.5, 0.6) is 0 Å². The van der Waals surface area contributed by atoms with Gasteiger partial charge >= 0.3 is 0 Å². The molecular weight excluding hydrogens is 188 g/mol. The molecule has 0 saturated carbocycles. The third-order valence-corrected chi connectivity index (χ3v) is 2.52. The van der Waals surface area contributed by atoms with E-state index in [1.807, 2.05) is 18.4 Å². The number of nitrogens with two attached hydrogens (primary N) is 1. The number of amides is 1. The molecule has 0 unspecified atom stereocenters. The van der Waals surface area contributed by atoms with Crippen LogP contribution < -0.4 is 5.73 Å². The highest BCUT2D eigenvalue weighted by atomic mass is 32.1. The van der Waals surface area contributed by atoms with E-state index in [2.05, 4.69) is 9.99 Å². The van der Waals surface area contributed by atoms with Gasteiger partial charge < -0.3 is 10.6 Å². The van der Waals surface area contributed by atoms with Crippen molar-refractivity contribution in [2.45, 2.75) is 6.92 Å². The van der Waals surface area contributed by atoms with Gasteiger partial charge in [-0.2, -0.15) is 0 Å². The van der Waals surface area contributed by atoms with E-state index >= 15 is 0 Å². The number of rotatable bonds is 3. The maximum Gasteiger partial charge on any atom is 0.272 e. The highest BCUT2D eigenvalue weighted by Gasteiger charge is 2.14. The number of hydrogen-bond donors (Lipinski definition) is 1. The second-order valence-electron chi connectivity index (χ2n) is 2.42. The molecule has 0 spiro atoms. The van der Waals surface area contributed by atoms with Crippen molar-refractivity contribution in [3.8, 4) is 0 Å². The van der Waals surface area contributed by atoms with Gasteiger partial charge in [0.1, 0.15) is 7.11 Å². The maximum atomic E-state index is 11.0. The van der Waals surface area contributed by atoms with Gasteiger partial charge in [0.05, 0.1) is 4.88 Å². The summed E-state index contributed by atoms with van der Waals surface area (Å²) < 4.78 is 0. The summed E-state index contributed by atoms with van der Waals surface area (Å²) in [6.45, 7) is 1.89. The largest absolute Gasteiger partial charge is 0.398 e. The number of thiophene rings is 1. The van der Waals surface area contributed by atoms with Crippen molar-refractivity contribution in [1.29, 1.82) is 0 Å². The first kappa shape index (κ1) is 9.73. The molecule has 0 radical (unpaired) electrons. The number of hydrogen-bond acceptors (Lipinski definition) is 4. The van der Waals surface area contributed by atoms with E-state index in [-0.39, 0.29) is 5.71 Å². The monoisotopic (exact) mass is 198 g/mol. The zero-order chi connectivity index (χ0) is 9.84. The molecule has 0 aliphatic rings. The van der Waals surface area contributed by atoms with Crippen molar-refractivity contribution in [2.75, 3.05) is 7.11 Å². The average Bonchev–Trinajstić information content (AvgIpc) is 2.47. The minimum absolute atomic E-state index is 0.176. The zero-order valence-corrected chi connectivity index (χ0v) is 8.22. The van der Waals surface area contributed by atoms with Gasteiger partial charge in [-0.15, -0.1) is 11.3 Å². The summed E-state index contributed by atoms with van der Waals surface area (Å²) in [5.74, 6) is -0.576. The first-order valence-corrected chi connectivity index (χ1v) is 4.50. The lowest BCUT2D eigenvalue weighted by Gasteiger charge is -1.98. The molecule has 13 heavy (non-hydrogen) atoms. The molecule has 1 amide bonds. The number of primary amides is 1. The van der Waals surface area contributed by atoms with Crippen molar-refractivity contribution in [1.82, 2.24) is 0 Å². The summed E-state index contributed by atoms with van der Waals surface area (Å²) >= 11 is 1.41. The summed E-state index contributed by atoms with van der Waals surface area (Å²) in [6, 6.07) is 1.90. The maximum absolute atomic E-state index is 11.0. The third kappa shape index (κ3) is 2.06. The summed E-state index contributed by atoms with van der Waals surface area (Å²) in [5, 5.41) is 5.45. The molecule has 0 saturated heterocycles. The van der Waals surface area contributed by atoms with Crippen molar-refractivity contribution in [3.05, 3.63) is 21.9 Å². The first-order valence-electron chi connectivity index (χ1n) is 3.62. The fourth-order valence-electron chi connectivity index (χ4n) is 0.905. The topological polar surface area (TPSA) is 64.7 Å². The fourth-order valence-corrected chi connectivity index (χ4v) is 1.82. The van der Waals surface area contributed by atoms with E-state index in [9.17, 15) is 4.79 Å². The second-order valence-corrected chi connectivity index (χ2v) is 3.34. The van der Waals surface area contributed by atoms with E-state index in [0.717, 1.165) is 10.4 Å². The normalized spacial score (nSPS) is 11.4. The Labute approximate surface area is 80.0 Å². The van der Waals surface area contributed by atoms with Gasteiger partial charge in [-0.3, -0.25) is 4.79 Å². The molecule has 70 valence electrons. The molecule has 0 atom stereocenters. The summed E-state index contributed by atoms with van der Waals surface area (Å²) in [7, 11) is 1.38. The Morgan fingerprint density at radius 1 is 1.69 bits per heavy atom. The molecular formula is C8H10N2O2S. The number of nitrogens with zero attached hydrogens (tertiary/aromatic N) is 1. The van der Waals surface area contributed by atoms with Crippen molar-refractivity contribution < 1.29 is 9.63 Å². The molecule has 1 heterocycles. The molecule has 4 nitrogen and oxygen atoms in total. The molecule has 2 N–H and O–H groups in total. The highest BCUT2D eigenvalue weighted by Crippen LogP contribution is 2.16. The Hall–Kier alpha value is -1.36. The average molecular weight is 198 g/mol. The molecule has 5 heteroatoms. The van der Waals surface area contributed by atoms with Crippen LogP contribution >= 0.6 is 11.3 Å². The molecule has 1 rings (SSSR count). The minimum atomic E-state index is -0.576. The number of carbonyl (C=O) groups is 1. The van der Waals surface area contributed by atoms with Gasteiger partial charge in [0, 0.05) is 0 Å². The Morgan fingerprint density at radius 2 is 2.38 bits per heavy atom. The van der Waals surface area contributed by atoms with Crippen LogP contribution in [0.1, 0.15) is 10.4 Å². The molecule has 0 fully saturated rings. The predicted molar refractivity (Wildman–Crippen MR) is 51.8 cm³/mol. The Morgan fingerprint density at radius 3 is 2.77 bits per heavy atom. The molecule has 0 bridgehead atoms. The summed E-state index contributed by atoms with van der Waals surface area (Å²) in [5.41, 5.74) is 6.29. The van der Waals surface area contributed by atoms with Crippen molar-refractivity contribution >= 4 is 23.0 Å². The van der Waals surface area contributed by atoms with Crippen molar-refractivity contribution in [2.24, 2.45) is 10.9 Å². The van der Waals surface area contributed by atoms with Gasteiger partial charge in [-0.05, 0) is 23.9 Å². The SMILES string of the molecule is CO/N=C(\C(N)=O)c1sccc1C. The Bertz CT molecular complexity index is 344. The van der Waals surface area contributed by atoms with Crippen LogP contribution in [0.15, 0.2) is 16.6 Å². The number of aryl methyl sites for hydroxylation is 1. The van der Waals surface area contributed by atoms with Gasteiger partial charge in [0.15, 0.2) is 5.71 Å². The quantitative estimate of drug-likeness (QED) is 0.579. The van der Waals surface area contributed by atoms with E-state index < -0.39 is 5.91 Å². The third-order valence-electron chi connectivity index (χ3n) is 1.49. The highest BCUT2D eigenvalue weighted by molar-refractivity contribution is 7.13. The van der Waals surface area contributed by atoms with E-state index in [0.29, 0.717) is 0 Å². The Balaban J connectivity index is 3.10. The van der Waals surface area contributed by atoms with Gasteiger partial charge in [0.2, 0.25) is 0 Å². The fraction of sp³-hybridized carbons (Fsp3) is 0.250. The second kappa shape index (κ2) is 4.04. The zero-order valence-electron chi connectivity index (χ0n) is 7.40. The lowest BCUT2D eigenvalue weighted by atomic mass is 10.2. The number of oxime groups is 1. The minimum Gasteiger partial charge on any atom is -0.398 e. The van der Waals surface area contributed by atoms with Crippen LogP contribution in [-0.2, 0) is 9.63 Å².